The second-order valence-corrected chi connectivity index (χ2v) is 8.74. The lowest BCUT2D eigenvalue weighted by Crippen LogP contribution is -2.66. The molecule has 1 aliphatic carbocycles. The van der Waals surface area contributed by atoms with E-state index in [1.54, 1.807) is 19.9 Å². The fourth-order valence-corrected chi connectivity index (χ4v) is 4.89. The number of para-hydroxylation sites is 1. The van der Waals surface area contributed by atoms with Crippen molar-refractivity contribution in [1.82, 2.24) is 0 Å². The zero-order chi connectivity index (χ0) is 22.8. The molecule has 6 nitrogen and oxygen atoms in total. The highest BCUT2D eigenvalue weighted by Crippen LogP contribution is 2.50. The van der Waals surface area contributed by atoms with Crippen LogP contribution >= 0.6 is 15.9 Å². The molecule has 0 bridgehead atoms. The van der Waals surface area contributed by atoms with Crippen LogP contribution in [0, 0.1) is 12.8 Å². The van der Waals surface area contributed by atoms with Gasteiger partial charge in [-0.1, -0.05) is 64.5 Å². The van der Waals surface area contributed by atoms with Crippen molar-refractivity contribution >= 4 is 21.9 Å². The molecule has 4 unspecified atom stereocenters. The average Bonchev–Trinajstić information content (AvgIpc) is 2.74. The van der Waals surface area contributed by atoms with Crippen molar-refractivity contribution in [3.63, 3.8) is 0 Å². The molecule has 166 valence electrons. The van der Waals surface area contributed by atoms with Crippen LogP contribution < -0.4 is 4.74 Å². The summed E-state index contributed by atoms with van der Waals surface area (Å²) in [5.74, 6) is -3.90. The van der Waals surface area contributed by atoms with Crippen molar-refractivity contribution < 1.29 is 29.2 Å². The highest BCUT2D eigenvalue weighted by atomic mass is 79.9. The molecular weight excluding hydrogens is 464 g/mol. The van der Waals surface area contributed by atoms with Crippen LogP contribution in [0.4, 0.5) is 0 Å². The van der Waals surface area contributed by atoms with E-state index in [4.69, 9.17) is 14.2 Å². The number of rotatable bonds is 7. The number of ether oxygens (including phenoxy) is 3. The van der Waals surface area contributed by atoms with E-state index >= 15 is 0 Å². The number of alkyl halides is 1. The molecule has 0 fully saturated rings. The first-order valence-electron chi connectivity index (χ1n) is 9.92. The second kappa shape index (κ2) is 9.02. The molecule has 0 saturated carbocycles. The van der Waals surface area contributed by atoms with Crippen molar-refractivity contribution in [2.24, 2.45) is 5.92 Å². The van der Waals surface area contributed by atoms with E-state index < -0.39 is 28.1 Å². The average molecular weight is 491 g/mol. The summed E-state index contributed by atoms with van der Waals surface area (Å²) in [6.07, 6.45) is 0. The summed E-state index contributed by atoms with van der Waals surface area (Å²) < 4.78 is 17.8. The Labute approximate surface area is 190 Å². The van der Waals surface area contributed by atoms with Gasteiger partial charge in [0.25, 0.3) is 0 Å². The number of aliphatic hydroxyl groups is 1. The van der Waals surface area contributed by atoms with Crippen LogP contribution in [0.15, 0.2) is 65.9 Å². The van der Waals surface area contributed by atoms with E-state index in [1.165, 1.54) is 7.11 Å². The Morgan fingerprint density at radius 3 is 2.29 bits per heavy atom. The van der Waals surface area contributed by atoms with Gasteiger partial charge in [0.1, 0.15) is 28.5 Å². The number of methoxy groups -OCH3 is 1. The highest BCUT2D eigenvalue weighted by Gasteiger charge is 2.64. The molecule has 31 heavy (non-hydrogen) atoms. The lowest BCUT2D eigenvalue weighted by Gasteiger charge is -2.50. The first-order valence-corrected chi connectivity index (χ1v) is 10.8. The van der Waals surface area contributed by atoms with Gasteiger partial charge in [-0.05, 0) is 38.0 Å². The zero-order valence-electron chi connectivity index (χ0n) is 18.0. The molecule has 0 heterocycles. The Hall–Kier alpha value is -2.35. The van der Waals surface area contributed by atoms with Gasteiger partial charge in [-0.2, -0.15) is 0 Å². The van der Waals surface area contributed by atoms with Crippen molar-refractivity contribution in [2.75, 3.05) is 7.11 Å². The second-order valence-electron chi connectivity index (χ2n) is 7.83. The minimum absolute atomic E-state index is 0.244. The van der Waals surface area contributed by atoms with Crippen molar-refractivity contribution in [3.05, 3.63) is 77.1 Å². The van der Waals surface area contributed by atoms with Gasteiger partial charge in [0.05, 0.1) is 0 Å². The third-order valence-electron chi connectivity index (χ3n) is 5.90. The van der Waals surface area contributed by atoms with E-state index in [-0.39, 0.29) is 6.61 Å². The Bertz CT molecular complexity index is 975. The SMILES string of the molecule is COC1(O)C(Br)C(OCc2ccccc2)=C(C)C(C)(Oc2ccccc2C)C1C(=O)O. The summed E-state index contributed by atoms with van der Waals surface area (Å²) >= 11 is 3.44. The minimum atomic E-state index is -2.12. The third-order valence-corrected chi connectivity index (χ3v) is 6.97. The maximum atomic E-state index is 12.4. The minimum Gasteiger partial charge on any atom is -0.492 e. The molecule has 2 aromatic carbocycles. The number of carbonyl (C=O) groups is 1. The van der Waals surface area contributed by atoms with Crippen LogP contribution in [0.3, 0.4) is 0 Å². The van der Waals surface area contributed by atoms with E-state index in [2.05, 4.69) is 15.9 Å². The number of aryl methyl sites for hydroxylation is 1. The lowest BCUT2D eigenvalue weighted by molar-refractivity contribution is -0.253. The standard InChI is InChI=1S/C24H27BrO6/c1-15-10-8-9-13-18(15)31-23(3)16(2)19(30-14-17-11-6-5-7-12-17)21(25)24(28,29-4)20(23)22(26)27/h5-13,20-21,28H,14H2,1-4H3,(H,26,27). The van der Waals surface area contributed by atoms with Crippen LogP contribution in [-0.2, 0) is 20.9 Å². The van der Waals surface area contributed by atoms with E-state index in [9.17, 15) is 15.0 Å². The van der Waals surface area contributed by atoms with Crippen LogP contribution in [0.25, 0.3) is 0 Å². The number of carboxylic acid groups (broad SMARTS) is 1. The van der Waals surface area contributed by atoms with Gasteiger partial charge in [-0.15, -0.1) is 0 Å². The number of benzene rings is 2. The molecule has 1 aliphatic rings. The zero-order valence-corrected chi connectivity index (χ0v) is 19.5. The van der Waals surface area contributed by atoms with E-state index in [1.807, 2.05) is 55.5 Å². The van der Waals surface area contributed by atoms with Gasteiger partial charge in [0.2, 0.25) is 5.79 Å². The Morgan fingerprint density at radius 1 is 1.10 bits per heavy atom. The predicted molar refractivity (Wildman–Crippen MR) is 120 cm³/mol. The van der Waals surface area contributed by atoms with Crippen LogP contribution in [0.5, 0.6) is 5.75 Å². The number of aliphatic carboxylic acids is 1. The summed E-state index contributed by atoms with van der Waals surface area (Å²) in [7, 11) is 1.27. The molecular formula is C24H27BrO6. The maximum Gasteiger partial charge on any atom is 0.316 e. The van der Waals surface area contributed by atoms with Crippen molar-refractivity contribution in [1.29, 1.82) is 0 Å². The maximum absolute atomic E-state index is 12.4. The Balaban J connectivity index is 2.11. The molecule has 7 heteroatoms. The summed E-state index contributed by atoms with van der Waals surface area (Å²) in [5.41, 5.74) is 0.890. The van der Waals surface area contributed by atoms with E-state index in [0.717, 1.165) is 11.1 Å². The summed E-state index contributed by atoms with van der Waals surface area (Å²) in [6.45, 7) is 5.52. The summed E-state index contributed by atoms with van der Waals surface area (Å²) in [5, 5.41) is 21.5. The molecule has 2 aromatic rings. The molecule has 2 N–H and O–H groups in total. The highest BCUT2D eigenvalue weighted by molar-refractivity contribution is 9.09. The quantitative estimate of drug-likeness (QED) is 0.440. The van der Waals surface area contributed by atoms with Crippen molar-refractivity contribution in [2.45, 2.75) is 43.6 Å². The number of halogens is 1. The van der Waals surface area contributed by atoms with Gasteiger partial charge in [0.15, 0.2) is 5.92 Å². The number of hydrogen-bond acceptors (Lipinski definition) is 5. The largest absolute Gasteiger partial charge is 0.492 e. The molecule has 3 rings (SSSR count). The summed E-state index contributed by atoms with van der Waals surface area (Å²) in [4.78, 5) is 11.5. The summed E-state index contributed by atoms with van der Waals surface area (Å²) in [6, 6.07) is 16.9. The van der Waals surface area contributed by atoms with Crippen LogP contribution in [0.2, 0.25) is 0 Å². The third kappa shape index (κ3) is 4.22. The van der Waals surface area contributed by atoms with Gasteiger partial charge in [-0.25, -0.2) is 0 Å². The molecule has 0 radical (unpaired) electrons. The molecule has 4 atom stereocenters. The van der Waals surface area contributed by atoms with Crippen molar-refractivity contribution in [3.8, 4) is 5.75 Å². The predicted octanol–water partition coefficient (Wildman–Crippen LogP) is 4.44. The molecule has 0 saturated heterocycles. The number of carboxylic acids is 1. The Kier molecular flexibility index (Phi) is 6.79. The van der Waals surface area contributed by atoms with Crippen LogP contribution in [0.1, 0.15) is 25.0 Å². The smallest absolute Gasteiger partial charge is 0.316 e. The molecule has 0 aliphatic heterocycles. The van der Waals surface area contributed by atoms with E-state index in [0.29, 0.717) is 17.1 Å². The van der Waals surface area contributed by atoms with Gasteiger partial charge in [-0.3, -0.25) is 4.79 Å². The topological polar surface area (TPSA) is 85.2 Å². The molecule has 0 spiro atoms. The van der Waals surface area contributed by atoms with Gasteiger partial charge in [0, 0.05) is 12.7 Å². The molecule has 0 amide bonds. The first kappa shape index (κ1) is 23.3. The Morgan fingerprint density at radius 2 is 1.71 bits per heavy atom. The van der Waals surface area contributed by atoms with Gasteiger partial charge >= 0.3 is 5.97 Å². The number of hydrogen-bond donors (Lipinski definition) is 2. The fraction of sp³-hybridized carbons (Fsp3) is 0.375. The normalized spacial score (nSPS) is 28.3. The van der Waals surface area contributed by atoms with Gasteiger partial charge < -0.3 is 24.4 Å². The van der Waals surface area contributed by atoms with Crippen LogP contribution in [-0.4, -0.2) is 39.5 Å². The lowest BCUT2D eigenvalue weighted by atomic mass is 9.71. The monoisotopic (exact) mass is 490 g/mol. The molecule has 0 aromatic heterocycles. The fourth-order valence-electron chi connectivity index (χ4n) is 3.97. The first-order chi connectivity index (χ1) is 14.6.